The lowest BCUT2D eigenvalue weighted by molar-refractivity contribution is -0.163. The number of nitrogens with zero attached hydrogens (tertiary/aromatic N) is 2. The van der Waals surface area contributed by atoms with E-state index < -0.39 is 12.1 Å². The van der Waals surface area contributed by atoms with Crippen molar-refractivity contribution in [1.82, 2.24) is 9.88 Å². The van der Waals surface area contributed by atoms with Gasteiger partial charge in [-0.1, -0.05) is 41.9 Å². The van der Waals surface area contributed by atoms with Crippen LogP contribution in [0.15, 0.2) is 48.7 Å². The number of hydrogen-bond acceptors (Lipinski definition) is 6. The second-order valence-corrected chi connectivity index (χ2v) is 6.64. The number of carbonyl (C=O) groups excluding carboxylic acids is 2. The number of pyridine rings is 1. The van der Waals surface area contributed by atoms with Crippen LogP contribution >= 0.6 is 11.6 Å². The van der Waals surface area contributed by atoms with Crippen molar-refractivity contribution in [1.29, 1.82) is 0 Å². The molecule has 8 heteroatoms. The van der Waals surface area contributed by atoms with Crippen LogP contribution in [0.3, 0.4) is 0 Å². The molecule has 1 aromatic heterocycles. The van der Waals surface area contributed by atoms with Gasteiger partial charge in [0, 0.05) is 25.2 Å². The van der Waals surface area contributed by atoms with E-state index in [4.69, 9.17) is 25.8 Å². The average Bonchev–Trinajstić information content (AvgIpc) is 2.72. The summed E-state index contributed by atoms with van der Waals surface area (Å²) in [6.45, 7) is 2.60. The van der Waals surface area contributed by atoms with E-state index in [1.54, 1.807) is 47.5 Å². The fourth-order valence-corrected chi connectivity index (χ4v) is 3.08. The topological polar surface area (TPSA) is 78.0 Å². The number of ether oxygens (including phenoxy) is 3. The predicted octanol–water partition coefficient (Wildman–Crippen LogP) is 2.65. The Morgan fingerprint density at radius 2 is 2.07 bits per heavy atom. The summed E-state index contributed by atoms with van der Waals surface area (Å²) >= 11 is 5.99. The first kappa shape index (κ1) is 20.1. The highest BCUT2D eigenvalue weighted by Crippen LogP contribution is 2.23. The number of amides is 1. The van der Waals surface area contributed by atoms with Gasteiger partial charge >= 0.3 is 5.97 Å². The molecule has 0 N–H and O–H groups in total. The van der Waals surface area contributed by atoms with Crippen LogP contribution in [-0.4, -0.2) is 54.2 Å². The van der Waals surface area contributed by atoms with Crippen LogP contribution in [0.2, 0.25) is 5.15 Å². The molecule has 2 heterocycles. The minimum atomic E-state index is -0.980. The molecular weight excluding hydrogens is 384 g/mol. The molecule has 28 heavy (non-hydrogen) atoms. The van der Waals surface area contributed by atoms with Crippen molar-refractivity contribution in [3.63, 3.8) is 0 Å². The van der Waals surface area contributed by atoms with Crippen molar-refractivity contribution >= 4 is 23.5 Å². The molecule has 0 saturated carbocycles. The maximum absolute atomic E-state index is 13.0. The minimum absolute atomic E-state index is 0.221. The number of carbonyl (C=O) groups is 2. The molecule has 1 amide bonds. The Balaban J connectivity index is 1.65. The molecule has 3 rings (SSSR count). The van der Waals surface area contributed by atoms with Gasteiger partial charge in [-0.25, -0.2) is 4.98 Å². The molecule has 2 aromatic rings. The van der Waals surface area contributed by atoms with Gasteiger partial charge in [-0.2, -0.15) is 0 Å². The lowest BCUT2D eigenvalue weighted by atomic mass is 10.1. The van der Waals surface area contributed by atoms with Gasteiger partial charge in [0.1, 0.15) is 12.7 Å². The van der Waals surface area contributed by atoms with E-state index in [-0.39, 0.29) is 23.8 Å². The number of halogens is 1. The Hall–Kier alpha value is -2.64. The van der Waals surface area contributed by atoms with Gasteiger partial charge in [0.2, 0.25) is 6.10 Å². The van der Waals surface area contributed by atoms with Crippen LogP contribution in [-0.2, 0) is 19.1 Å². The maximum Gasteiger partial charge on any atom is 0.303 e. The molecule has 0 spiro atoms. The van der Waals surface area contributed by atoms with Gasteiger partial charge in [-0.3, -0.25) is 9.59 Å². The number of esters is 1. The van der Waals surface area contributed by atoms with E-state index in [0.717, 1.165) is 0 Å². The summed E-state index contributed by atoms with van der Waals surface area (Å²) in [5.74, 6) is -0.339. The first-order valence-electron chi connectivity index (χ1n) is 8.90. The van der Waals surface area contributed by atoms with Crippen LogP contribution in [0.25, 0.3) is 0 Å². The second-order valence-electron chi connectivity index (χ2n) is 6.28. The fourth-order valence-electron chi connectivity index (χ4n) is 2.90. The highest BCUT2D eigenvalue weighted by atomic mass is 35.5. The van der Waals surface area contributed by atoms with Crippen LogP contribution < -0.4 is 4.74 Å². The summed E-state index contributed by atoms with van der Waals surface area (Å²) in [4.78, 5) is 30.1. The molecular formula is C20H21ClN2O5. The second kappa shape index (κ2) is 9.52. The van der Waals surface area contributed by atoms with Gasteiger partial charge in [-0.05, 0) is 12.1 Å². The lowest BCUT2D eigenvalue weighted by Gasteiger charge is -2.34. The fraction of sp³-hybridized carbons (Fsp3) is 0.350. The molecule has 2 unspecified atom stereocenters. The van der Waals surface area contributed by atoms with Crippen LogP contribution in [0.5, 0.6) is 5.75 Å². The third-order valence-electron chi connectivity index (χ3n) is 4.21. The Morgan fingerprint density at radius 1 is 1.29 bits per heavy atom. The van der Waals surface area contributed by atoms with Crippen molar-refractivity contribution in [2.45, 2.75) is 19.1 Å². The SMILES string of the molecule is CC(=O)OC(C(=O)N1CCOC(COc2cccnc2Cl)C1)c1ccccc1. The molecule has 1 aromatic carbocycles. The zero-order valence-corrected chi connectivity index (χ0v) is 16.2. The average molecular weight is 405 g/mol. The highest BCUT2D eigenvalue weighted by molar-refractivity contribution is 6.30. The number of morpholine rings is 1. The smallest absolute Gasteiger partial charge is 0.303 e. The Labute approximate surface area is 168 Å². The summed E-state index contributed by atoms with van der Waals surface area (Å²) in [5, 5.41) is 0.269. The summed E-state index contributed by atoms with van der Waals surface area (Å²) in [6, 6.07) is 12.4. The van der Waals surface area contributed by atoms with Crippen LogP contribution in [0, 0.1) is 0 Å². The number of hydrogen-bond donors (Lipinski definition) is 0. The molecule has 1 aliphatic heterocycles. The Morgan fingerprint density at radius 3 is 2.79 bits per heavy atom. The summed E-state index contributed by atoms with van der Waals surface area (Å²) in [7, 11) is 0. The normalized spacial score (nSPS) is 17.6. The molecule has 0 aliphatic carbocycles. The molecule has 2 atom stereocenters. The Bertz CT molecular complexity index is 817. The third kappa shape index (κ3) is 5.21. The largest absolute Gasteiger partial charge is 0.488 e. The van der Waals surface area contributed by atoms with Gasteiger partial charge < -0.3 is 19.1 Å². The molecule has 7 nitrogen and oxygen atoms in total. The summed E-state index contributed by atoms with van der Waals surface area (Å²) < 4.78 is 16.7. The van der Waals surface area contributed by atoms with Gasteiger partial charge in [-0.15, -0.1) is 0 Å². The molecule has 0 radical (unpaired) electrons. The van der Waals surface area contributed by atoms with E-state index in [0.29, 0.717) is 31.0 Å². The van der Waals surface area contributed by atoms with E-state index in [2.05, 4.69) is 4.98 Å². The molecule has 148 valence electrons. The highest BCUT2D eigenvalue weighted by Gasteiger charge is 2.32. The van der Waals surface area contributed by atoms with Gasteiger partial charge in [0.05, 0.1) is 13.2 Å². The van der Waals surface area contributed by atoms with E-state index >= 15 is 0 Å². The monoisotopic (exact) mass is 404 g/mol. The zero-order valence-electron chi connectivity index (χ0n) is 15.4. The number of rotatable bonds is 6. The molecule has 1 saturated heterocycles. The standard InChI is InChI=1S/C20H21ClN2O5/c1-14(24)28-18(15-6-3-2-4-7-15)20(25)23-10-11-26-16(12-23)13-27-17-8-5-9-22-19(17)21/h2-9,16,18H,10-13H2,1H3. The third-order valence-corrected chi connectivity index (χ3v) is 4.49. The minimum Gasteiger partial charge on any atom is -0.488 e. The van der Waals surface area contributed by atoms with Crippen molar-refractivity contribution in [3.05, 3.63) is 59.4 Å². The van der Waals surface area contributed by atoms with Crippen LogP contribution in [0.4, 0.5) is 0 Å². The van der Waals surface area contributed by atoms with Crippen molar-refractivity contribution in [2.24, 2.45) is 0 Å². The van der Waals surface area contributed by atoms with E-state index in [1.165, 1.54) is 6.92 Å². The zero-order chi connectivity index (χ0) is 19.9. The van der Waals surface area contributed by atoms with Crippen molar-refractivity contribution in [2.75, 3.05) is 26.3 Å². The van der Waals surface area contributed by atoms with Crippen LogP contribution in [0.1, 0.15) is 18.6 Å². The molecule has 1 aliphatic rings. The van der Waals surface area contributed by atoms with E-state index in [9.17, 15) is 9.59 Å². The predicted molar refractivity (Wildman–Crippen MR) is 102 cm³/mol. The van der Waals surface area contributed by atoms with Crippen molar-refractivity contribution < 1.29 is 23.8 Å². The lowest BCUT2D eigenvalue weighted by Crippen LogP contribution is -2.49. The number of benzene rings is 1. The van der Waals surface area contributed by atoms with Gasteiger partial charge in [0.25, 0.3) is 5.91 Å². The maximum atomic E-state index is 13.0. The first-order chi connectivity index (χ1) is 13.5. The Kier molecular flexibility index (Phi) is 6.84. The van der Waals surface area contributed by atoms with E-state index in [1.807, 2.05) is 6.07 Å². The summed E-state index contributed by atoms with van der Waals surface area (Å²) in [6.07, 6.45) is 0.264. The quantitative estimate of drug-likeness (QED) is 0.544. The van der Waals surface area contributed by atoms with Crippen molar-refractivity contribution in [3.8, 4) is 5.75 Å². The first-order valence-corrected chi connectivity index (χ1v) is 9.28. The number of aromatic nitrogens is 1. The molecule has 0 bridgehead atoms. The van der Waals surface area contributed by atoms with Gasteiger partial charge in [0.15, 0.2) is 10.9 Å². The summed E-state index contributed by atoms with van der Waals surface area (Å²) in [5.41, 5.74) is 0.629. The molecule has 1 fully saturated rings.